The van der Waals surface area contributed by atoms with E-state index in [9.17, 15) is 9.90 Å². The molecule has 1 rings (SSSR count). The Morgan fingerprint density at radius 1 is 1.42 bits per heavy atom. The molecule has 19 heavy (non-hydrogen) atoms. The Hall–Kier alpha value is -1.55. The van der Waals surface area contributed by atoms with Crippen molar-refractivity contribution in [3.05, 3.63) is 29.8 Å². The summed E-state index contributed by atoms with van der Waals surface area (Å²) in [4.78, 5) is 11.6. The molecule has 4 heteroatoms. The molecule has 1 unspecified atom stereocenters. The minimum absolute atomic E-state index is 0.00266. The highest BCUT2D eigenvalue weighted by molar-refractivity contribution is 5.77. The van der Waals surface area contributed by atoms with Crippen molar-refractivity contribution < 1.29 is 14.6 Å². The van der Waals surface area contributed by atoms with Crippen molar-refractivity contribution in [2.24, 2.45) is 0 Å². The minimum atomic E-state index is -0.540. The van der Waals surface area contributed by atoms with E-state index in [2.05, 4.69) is 12.2 Å². The first-order valence-corrected chi connectivity index (χ1v) is 6.73. The largest absolute Gasteiger partial charge is 0.484 e. The summed E-state index contributed by atoms with van der Waals surface area (Å²) in [6.45, 7) is 5.76. The topological polar surface area (TPSA) is 58.6 Å². The number of aliphatic hydroxyl groups is 1. The average molecular weight is 265 g/mol. The highest BCUT2D eigenvalue weighted by atomic mass is 16.5. The fourth-order valence-corrected chi connectivity index (χ4v) is 1.83. The molecule has 0 aliphatic carbocycles. The van der Waals surface area contributed by atoms with Gasteiger partial charge in [-0.1, -0.05) is 25.5 Å². The maximum Gasteiger partial charge on any atom is 0.258 e. The van der Waals surface area contributed by atoms with Gasteiger partial charge in [0.05, 0.1) is 6.10 Å². The molecule has 0 heterocycles. The van der Waals surface area contributed by atoms with E-state index in [1.165, 1.54) is 0 Å². The Kier molecular flexibility index (Phi) is 6.36. The fraction of sp³-hybridized carbons (Fsp3) is 0.533. The first kappa shape index (κ1) is 15.5. The Morgan fingerprint density at radius 2 is 2.16 bits per heavy atom. The van der Waals surface area contributed by atoms with Crippen LogP contribution in [0.15, 0.2) is 24.3 Å². The van der Waals surface area contributed by atoms with Gasteiger partial charge in [0.2, 0.25) is 0 Å². The summed E-state index contributed by atoms with van der Waals surface area (Å²) in [5.41, 5.74) is 0.775. The molecule has 0 aliphatic heterocycles. The van der Waals surface area contributed by atoms with Gasteiger partial charge in [0.1, 0.15) is 5.75 Å². The van der Waals surface area contributed by atoms with Crippen molar-refractivity contribution in [3.8, 4) is 5.75 Å². The monoisotopic (exact) mass is 265 g/mol. The van der Waals surface area contributed by atoms with Crippen LogP contribution < -0.4 is 10.1 Å². The second kappa shape index (κ2) is 7.79. The van der Waals surface area contributed by atoms with Crippen LogP contribution in [0.3, 0.4) is 0 Å². The third-order valence-electron chi connectivity index (χ3n) is 2.84. The van der Waals surface area contributed by atoms with Crippen LogP contribution in [0, 0.1) is 0 Å². The number of aliphatic hydroxyl groups excluding tert-OH is 1. The summed E-state index contributed by atoms with van der Waals surface area (Å²) in [6.07, 6.45) is 1.46. The van der Waals surface area contributed by atoms with E-state index in [1.807, 2.05) is 13.0 Å². The molecule has 0 saturated heterocycles. The number of nitrogens with one attached hydrogen (secondary N) is 1. The van der Waals surface area contributed by atoms with Crippen molar-refractivity contribution >= 4 is 5.91 Å². The number of hydrogen-bond donors (Lipinski definition) is 2. The zero-order valence-electron chi connectivity index (χ0n) is 11.8. The van der Waals surface area contributed by atoms with Crippen LogP contribution in [0.5, 0.6) is 5.75 Å². The van der Waals surface area contributed by atoms with Gasteiger partial charge < -0.3 is 15.2 Å². The van der Waals surface area contributed by atoms with Crippen molar-refractivity contribution in [1.82, 2.24) is 5.32 Å². The summed E-state index contributed by atoms with van der Waals surface area (Å²) in [5, 5.41) is 12.3. The first-order chi connectivity index (χ1) is 9.02. The number of hydrogen-bond acceptors (Lipinski definition) is 3. The quantitative estimate of drug-likeness (QED) is 0.796. The molecule has 1 aromatic rings. The Balaban J connectivity index is 2.43. The molecule has 0 aliphatic rings. The second-order valence-electron chi connectivity index (χ2n) is 4.79. The standard InChI is InChI=1S/C15H23NO3/c1-4-6-11(2)16-15(18)10-19-14-8-5-7-13(9-14)12(3)17/h5,7-9,11-12,17H,4,6,10H2,1-3H3,(H,16,18)/t11?,12-/m1/s1. The summed E-state index contributed by atoms with van der Waals surface area (Å²) in [6, 6.07) is 7.31. The number of ether oxygens (including phenoxy) is 1. The summed E-state index contributed by atoms with van der Waals surface area (Å²) >= 11 is 0. The number of carbonyl (C=O) groups is 1. The molecule has 1 amide bonds. The number of amides is 1. The van der Waals surface area contributed by atoms with Gasteiger partial charge in [-0.2, -0.15) is 0 Å². The predicted octanol–water partition coefficient (Wildman–Crippen LogP) is 2.42. The Morgan fingerprint density at radius 3 is 2.79 bits per heavy atom. The molecule has 4 nitrogen and oxygen atoms in total. The van der Waals surface area contributed by atoms with Crippen LogP contribution >= 0.6 is 0 Å². The van der Waals surface area contributed by atoms with Gasteiger partial charge in [-0.15, -0.1) is 0 Å². The van der Waals surface area contributed by atoms with Crippen molar-refractivity contribution in [2.75, 3.05) is 6.61 Å². The van der Waals surface area contributed by atoms with Crippen LogP contribution in [-0.2, 0) is 4.79 Å². The van der Waals surface area contributed by atoms with Crippen LogP contribution in [0.1, 0.15) is 45.3 Å². The van der Waals surface area contributed by atoms with Crippen LogP contribution in [-0.4, -0.2) is 23.7 Å². The Labute approximate surface area is 114 Å². The van der Waals surface area contributed by atoms with Gasteiger partial charge in [-0.3, -0.25) is 4.79 Å². The van der Waals surface area contributed by atoms with E-state index in [0.717, 1.165) is 18.4 Å². The lowest BCUT2D eigenvalue weighted by atomic mass is 10.1. The minimum Gasteiger partial charge on any atom is -0.484 e. The van der Waals surface area contributed by atoms with Crippen LogP contribution in [0.4, 0.5) is 0 Å². The zero-order valence-corrected chi connectivity index (χ0v) is 11.8. The maximum atomic E-state index is 11.6. The Bertz CT molecular complexity index is 404. The van der Waals surface area contributed by atoms with Crippen LogP contribution in [0.25, 0.3) is 0 Å². The van der Waals surface area contributed by atoms with E-state index >= 15 is 0 Å². The lowest BCUT2D eigenvalue weighted by Gasteiger charge is -2.13. The SMILES string of the molecule is CCCC(C)NC(=O)COc1cccc([C@@H](C)O)c1. The summed E-state index contributed by atoms with van der Waals surface area (Å²) in [7, 11) is 0. The van der Waals surface area contributed by atoms with Gasteiger partial charge in [-0.25, -0.2) is 0 Å². The van der Waals surface area contributed by atoms with Gasteiger partial charge in [0, 0.05) is 6.04 Å². The summed E-state index contributed by atoms with van der Waals surface area (Å²) in [5.74, 6) is 0.472. The lowest BCUT2D eigenvalue weighted by molar-refractivity contribution is -0.123. The molecule has 0 fully saturated rings. The van der Waals surface area contributed by atoms with Gasteiger partial charge in [-0.05, 0) is 38.0 Å². The average Bonchev–Trinajstić information content (AvgIpc) is 2.37. The third-order valence-corrected chi connectivity index (χ3v) is 2.84. The van der Waals surface area contributed by atoms with Crippen molar-refractivity contribution in [2.45, 2.75) is 45.8 Å². The molecule has 0 radical (unpaired) electrons. The van der Waals surface area contributed by atoms with E-state index < -0.39 is 6.10 Å². The molecular weight excluding hydrogens is 242 g/mol. The van der Waals surface area contributed by atoms with E-state index in [0.29, 0.717) is 5.75 Å². The predicted molar refractivity (Wildman–Crippen MR) is 75.1 cm³/mol. The van der Waals surface area contributed by atoms with Gasteiger partial charge >= 0.3 is 0 Å². The highest BCUT2D eigenvalue weighted by Crippen LogP contribution is 2.18. The van der Waals surface area contributed by atoms with Gasteiger partial charge in [0.25, 0.3) is 5.91 Å². The van der Waals surface area contributed by atoms with Gasteiger partial charge in [0.15, 0.2) is 6.61 Å². The third kappa shape index (κ3) is 5.75. The number of benzene rings is 1. The molecule has 1 aromatic carbocycles. The van der Waals surface area contributed by atoms with Crippen LogP contribution in [0.2, 0.25) is 0 Å². The smallest absolute Gasteiger partial charge is 0.258 e. The van der Waals surface area contributed by atoms with Crippen molar-refractivity contribution in [1.29, 1.82) is 0 Å². The maximum absolute atomic E-state index is 11.6. The number of carbonyl (C=O) groups excluding carboxylic acids is 1. The summed E-state index contributed by atoms with van der Waals surface area (Å²) < 4.78 is 5.41. The molecule has 0 aromatic heterocycles. The molecule has 0 saturated carbocycles. The number of rotatable bonds is 7. The fourth-order valence-electron chi connectivity index (χ4n) is 1.83. The molecule has 0 bridgehead atoms. The molecule has 106 valence electrons. The lowest BCUT2D eigenvalue weighted by Crippen LogP contribution is -2.35. The molecule has 2 atom stereocenters. The van der Waals surface area contributed by atoms with E-state index in [4.69, 9.17) is 4.74 Å². The first-order valence-electron chi connectivity index (χ1n) is 6.73. The molecule has 0 spiro atoms. The van der Waals surface area contributed by atoms with E-state index in [1.54, 1.807) is 25.1 Å². The normalized spacial score (nSPS) is 13.7. The zero-order chi connectivity index (χ0) is 14.3. The van der Waals surface area contributed by atoms with E-state index in [-0.39, 0.29) is 18.6 Å². The second-order valence-corrected chi connectivity index (χ2v) is 4.79. The molecular formula is C15H23NO3. The highest BCUT2D eigenvalue weighted by Gasteiger charge is 2.08. The van der Waals surface area contributed by atoms with Crippen molar-refractivity contribution in [3.63, 3.8) is 0 Å². The molecule has 2 N–H and O–H groups in total.